The van der Waals surface area contributed by atoms with Crippen LogP contribution in [-0.4, -0.2) is 4.98 Å². The topological polar surface area (TPSA) is 62.7 Å². The fraction of sp³-hybridized carbons (Fsp3) is 0.250. The summed E-state index contributed by atoms with van der Waals surface area (Å²) in [5.74, 6) is -0.226. The maximum Gasteiger partial charge on any atom is 0.265 e. The smallest absolute Gasteiger partial charge is 0.265 e. The van der Waals surface area contributed by atoms with Crippen LogP contribution >= 0.6 is 11.6 Å². The Morgan fingerprint density at radius 1 is 1.64 bits per heavy atom. The quantitative estimate of drug-likeness (QED) is 0.773. The maximum absolute atomic E-state index is 12.4. The van der Waals surface area contributed by atoms with Crippen molar-refractivity contribution in [3.63, 3.8) is 0 Å². The number of alkyl halides is 3. The Hall–Kier alpha value is -1.41. The zero-order valence-electron chi connectivity index (χ0n) is 6.97. The van der Waals surface area contributed by atoms with Crippen molar-refractivity contribution in [1.29, 1.82) is 5.26 Å². The molecule has 0 spiro atoms. The Morgan fingerprint density at radius 3 is 2.71 bits per heavy atom. The van der Waals surface area contributed by atoms with E-state index in [-0.39, 0.29) is 23.0 Å². The number of rotatable bonds is 2. The predicted molar refractivity (Wildman–Crippen MR) is 47.9 cm³/mol. The van der Waals surface area contributed by atoms with Gasteiger partial charge in [-0.2, -0.15) is 5.26 Å². The van der Waals surface area contributed by atoms with Gasteiger partial charge in [0, 0.05) is 5.56 Å². The molecule has 6 heteroatoms. The molecule has 0 saturated heterocycles. The van der Waals surface area contributed by atoms with E-state index >= 15 is 0 Å². The number of anilines is 1. The number of hydrogen-bond acceptors (Lipinski definition) is 3. The summed E-state index contributed by atoms with van der Waals surface area (Å²) in [6.45, 7) is 0. The van der Waals surface area contributed by atoms with E-state index in [4.69, 9.17) is 22.6 Å². The van der Waals surface area contributed by atoms with E-state index in [1.165, 1.54) is 0 Å². The van der Waals surface area contributed by atoms with Crippen molar-refractivity contribution in [2.75, 3.05) is 5.73 Å². The van der Waals surface area contributed by atoms with E-state index in [0.29, 0.717) is 0 Å². The van der Waals surface area contributed by atoms with Crippen LogP contribution in [0.5, 0.6) is 0 Å². The van der Waals surface area contributed by atoms with Gasteiger partial charge in [-0.15, -0.1) is 11.6 Å². The zero-order chi connectivity index (χ0) is 10.7. The molecule has 0 amide bonds. The molecule has 3 nitrogen and oxygen atoms in total. The van der Waals surface area contributed by atoms with Crippen molar-refractivity contribution in [3.05, 3.63) is 22.9 Å². The first-order valence-electron chi connectivity index (χ1n) is 3.63. The van der Waals surface area contributed by atoms with Gasteiger partial charge in [-0.3, -0.25) is 0 Å². The average molecular weight is 218 g/mol. The molecule has 1 aromatic rings. The Balaban J connectivity index is 3.37. The number of aromatic nitrogens is 1. The molecule has 0 aromatic carbocycles. The summed E-state index contributed by atoms with van der Waals surface area (Å²) in [4.78, 5) is 3.70. The highest BCUT2D eigenvalue weighted by Crippen LogP contribution is 2.26. The van der Waals surface area contributed by atoms with E-state index in [0.717, 1.165) is 6.07 Å². The van der Waals surface area contributed by atoms with E-state index in [1.807, 2.05) is 0 Å². The van der Waals surface area contributed by atoms with Gasteiger partial charge in [0.2, 0.25) is 0 Å². The zero-order valence-corrected chi connectivity index (χ0v) is 7.72. The predicted octanol–water partition coefficient (Wildman–Crippen LogP) is 2.21. The fourth-order valence-electron chi connectivity index (χ4n) is 1.00. The van der Waals surface area contributed by atoms with Crippen molar-refractivity contribution in [3.8, 4) is 6.07 Å². The molecule has 0 unspecified atom stereocenters. The van der Waals surface area contributed by atoms with Crippen LogP contribution in [0.15, 0.2) is 6.07 Å². The second kappa shape index (κ2) is 4.20. The van der Waals surface area contributed by atoms with Crippen LogP contribution in [0.3, 0.4) is 0 Å². The Kier molecular flexibility index (Phi) is 3.20. The molecule has 1 aromatic heterocycles. The summed E-state index contributed by atoms with van der Waals surface area (Å²) in [5, 5.41) is 8.58. The van der Waals surface area contributed by atoms with Gasteiger partial charge in [-0.25, -0.2) is 13.8 Å². The summed E-state index contributed by atoms with van der Waals surface area (Å²) in [7, 11) is 0. The maximum atomic E-state index is 12.4. The Morgan fingerprint density at radius 2 is 2.29 bits per heavy atom. The second-order valence-corrected chi connectivity index (χ2v) is 2.78. The lowest BCUT2D eigenvalue weighted by atomic mass is 10.1. The van der Waals surface area contributed by atoms with Crippen molar-refractivity contribution in [2.24, 2.45) is 0 Å². The minimum absolute atomic E-state index is 0.0182. The highest BCUT2D eigenvalue weighted by atomic mass is 35.5. The van der Waals surface area contributed by atoms with Crippen LogP contribution in [0.4, 0.5) is 14.6 Å². The minimum atomic E-state index is -2.75. The third kappa shape index (κ3) is 1.91. The molecule has 0 aliphatic carbocycles. The van der Waals surface area contributed by atoms with Gasteiger partial charge in [0.15, 0.2) is 0 Å². The lowest BCUT2D eigenvalue weighted by molar-refractivity contribution is 0.151. The van der Waals surface area contributed by atoms with Crippen molar-refractivity contribution in [1.82, 2.24) is 4.98 Å². The van der Waals surface area contributed by atoms with Crippen molar-refractivity contribution >= 4 is 17.4 Å². The minimum Gasteiger partial charge on any atom is -0.383 e. The SMILES string of the molecule is N#Cc1c(C(F)F)cc(CCl)nc1N. The molecule has 0 atom stereocenters. The van der Waals surface area contributed by atoms with Crippen LogP contribution in [0.25, 0.3) is 0 Å². The van der Waals surface area contributed by atoms with Gasteiger partial charge in [0.05, 0.1) is 11.6 Å². The number of halogens is 3. The van der Waals surface area contributed by atoms with Gasteiger partial charge in [-0.1, -0.05) is 0 Å². The Labute approximate surface area is 84.1 Å². The molecular weight excluding hydrogens is 212 g/mol. The van der Waals surface area contributed by atoms with Crippen molar-refractivity contribution < 1.29 is 8.78 Å². The van der Waals surface area contributed by atoms with Crippen LogP contribution in [0, 0.1) is 11.3 Å². The highest BCUT2D eigenvalue weighted by molar-refractivity contribution is 6.16. The largest absolute Gasteiger partial charge is 0.383 e. The van der Waals surface area contributed by atoms with E-state index < -0.39 is 12.0 Å². The molecule has 0 bridgehead atoms. The third-order valence-electron chi connectivity index (χ3n) is 1.61. The summed E-state index contributed by atoms with van der Waals surface area (Å²) in [6.07, 6.45) is -2.75. The average Bonchev–Trinajstić information content (AvgIpc) is 2.16. The fourth-order valence-corrected chi connectivity index (χ4v) is 1.14. The van der Waals surface area contributed by atoms with Crippen LogP contribution in [-0.2, 0) is 5.88 Å². The monoisotopic (exact) mass is 217 g/mol. The lowest BCUT2D eigenvalue weighted by Gasteiger charge is -2.06. The number of pyridine rings is 1. The number of nitriles is 1. The molecule has 74 valence electrons. The van der Waals surface area contributed by atoms with Crippen LogP contribution in [0.1, 0.15) is 23.2 Å². The summed E-state index contributed by atoms with van der Waals surface area (Å²) in [6, 6.07) is 2.68. The van der Waals surface area contributed by atoms with Gasteiger partial charge in [0.1, 0.15) is 17.5 Å². The summed E-state index contributed by atoms with van der Waals surface area (Å²) in [5.41, 5.74) is 4.85. The number of nitrogens with zero attached hydrogens (tertiary/aromatic N) is 2. The lowest BCUT2D eigenvalue weighted by Crippen LogP contribution is -2.03. The molecule has 2 N–H and O–H groups in total. The molecular formula is C8H6ClF2N3. The van der Waals surface area contributed by atoms with Gasteiger partial charge in [-0.05, 0) is 6.07 Å². The summed E-state index contributed by atoms with van der Waals surface area (Å²) >= 11 is 5.43. The number of nitrogens with two attached hydrogens (primary N) is 1. The molecule has 0 saturated carbocycles. The molecule has 14 heavy (non-hydrogen) atoms. The molecule has 0 fully saturated rings. The first-order valence-corrected chi connectivity index (χ1v) is 4.17. The first-order chi connectivity index (χ1) is 6.60. The summed E-state index contributed by atoms with van der Waals surface area (Å²) < 4.78 is 24.9. The van der Waals surface area contributed by atoms with Gasteiger partial charge in [0.25, 0.3) is 6.43 Å². The molecule has 0 aliphatic heterocycles. The molecule has 1 heterocycles. The molecule has 0 radical (unpaired) electrons. The van der Waals surface area contributed by atoms with Crippen LogP contribution < -0.4 is 5.73 Å². The molecule has 0 aliphatic rings. The van der Waals surface area contributed by atoms with Crippen molar-refractivity contribution in [2.45, 2.75) is 12.3 Å². The second-order valence-electron chi connectivity index (χ2n) is 2.51. The Bertz CT molecular complexity index is 387. The number of nitrogen functional groups attached to an aromatic ring is 1. The third-order valence-corrected chi connectivity index (χ3v) is 1.89. The van der Waals surface area contributed by atoms with Crippen LogP contribution in [0.2, 0.25) is 0 Å². The standard InChI is InChI=1S/C8H6ClF2N3/c9-2-4-1-5(7(10)11)6(3-12)8(13)14-4/h1,7H,2H2,(H2,13,14). The van der Waals surface area contributed by atoms with E-state index in [2.05, 4.69) is 4.98 Å². The van der Waals surface area contributed by atoms with E-state index in [9.17, 15) is 8.78 Å². The number of hydrogen-bond donors (Lipinski definition) is 1. The van der Waals surface area contributed by atoms with Gasteiger partial charge < -0.3 is 5.73 Å². The van der Waals surface area contributed by atoms with Gasteiger partial charge >= 0.3 is 0 Å². The highest BCUT2D eigenvalue weighted by Gasteiger charge is 2.17. The normalized spacial score (nSPS) is 10.2. The first kappa shape index (κ1) is 10.7. The molecule has 1 rings (SSSR count). The van der Waals surface area contributed by atoms with E-state index in [1.54, 1.807) is 6.07 Å².